The highest BCUT2D eigenvalue weighted by molar-refractivity contribution is 5.81. The fraction of sp³-hybridized carbons (Fsp3) is 0.600. The standard InChI is InChI=1S/C20H32F2N4O3/c1-5-11-28-16-8-7-15(17(12-16)29-19(21)22)13-25-20(23-6-2)24-10-9-18(27)26-14(3)4/h7-8,12,14,19H,5-6,9-11,13H2,1-4H3,(H,26,27)(H2,23,24,25). The van der Waals surface area contributed by atoms with Gasteiger partial charge in [0.15, 0.2) is 5.96 Å². The van der Waals surface area contributed by atoms with Crippen LogP contribution in [0.4, 0.5) is 8.78 Å². The van der Waals surface area contributed by atoms with Crippen LogP contribution < -0.4 is 25.4 Å². The van der Waals surface area contributed by atoms with E-state index in [1.54, 1.807) is 12.1 Å². The van der Waals surface area contributed by atoms with E-state index in [0.717, 1.165) is 6.42 Å². The van der Waals surface area contributed by atoms with Gasteiger partial charge in [0.05, 0.1) is 13.2 Å². The summed E-state index contributed by atoms with van der Waals surface area (Å²) in [6.07, 6.45) is 1.11. The van der Waals surface area contributed by atoms with Crippen molar-refractivity contribution >= 4 is 11.9 Å². The maximum Gasteiger partial charge on any atom is 0.387 e. The second-order valence-electron chi connectivity index (χ2n) is 6.59. The molecule has 7 nitrogen and oxygen atoms in total. The van der Waals surface area contributed by atoms with Gasteiger partial charge in [-0.15, -0.1) is 0 Å². The Morgan fingerprint density at radius 3 is 2.59 bits per heavy atom. The van der Waals surface area contributed by atoms with Gasteiger partial charge in [0, 0.05) is 37.2 Å². The van der Waals surface area contributed by atoms with Crippen molar-refractivity contribution in [2.45, 2.75) is 59.7 Å². The lowest BCUT2D eigenvalue weighted by Gasteiger charge is -2.14. The number of guanidine groups is 1. The first-order valence-electron chi connectivity index (χ1n) is 9.87. The van der Waals surface area contributed by atoms with E-state index in [0.29, 0.717) is 43.4 Å². The highest BCUT2D eigenvalue weighted by Crippen LogP contribution is 2.27. The Bertz CT molecular complexity index is 655. The van der Waals surface area contributed by atoms with Crippen LogP contribution in [0.3, 0.4) is 0 Å². The molecule has 1 aromatic rings. The number of aliphatic imine (C=N–C) groups is 1. The summed E-state index contributed by atoms with van der Waals surface area (Å²) in [7, 11) is 0. The highest BCUT2D eigenvalue weighted by Gasteiger charge is 2.12. The molecule has 0 aliphatic carbocycles. The third-order valence-corrected chi connectivity index (χ3v) is 3.57. The Morgan fingerprint density at radius 1 is 1.21 bits per heavy atom. The van der Waals surface area contributed by atoms with Crippen LogP contribution in [0.5, 0.6) is 11.5 Å². The second kappa shape index (κ2) is 13.6. The highest BCUT2D eigenvalue weighted by atomic mass is 19.3. The summed E-state index contributed by atoms with van der Waals surface area (Å²) in [6.45, 7) is 6.36. The molecule has 1 amide bonds. The van der Waals surface area contributed by atoms with Crippen LogP contribution >= 0.6 is 0 Å². The molecule has 0 atom stereocenters. The van der Waals surface area contributed by atoms with Crippen molar-refractivity contribution in [3.8, 4) is 11.5 Å². The van der Waals surface area contributed by atoms with Crippen LogP contribution in [0.15, 0.2) is 23.2 Å². The Labute approximate surface area is 171 Å². The third-order valence-electron chi connectivity index (χ3n) is 3.57. The molecule has 0 heterocycles. The normalized spacial score (nSPS) is 11.5. The minimum atomic E-state index is -2.94. The summed E-state index contributed by atoms with van der Waals surface area (Å²) >= 11 is 0. The van der Waals surface area contributed by atoms with Gasteiger partial charge in [0.1, 0.15) is 11.5 Å². The molecule has 164 valence electrons. The number of hydrogen-bond acceptors (Lipinski definition) is 4. The molecule has 29 heavy (non-hydrogen) atoms. The lowest BCUT2D eigenvalue weighted by atomic mass is 10.2. The minimum Gasteiger partial charge on any atom is -0.493 e. The number of carbonyl (C=O) groups is 1. The average molecular weight is 414 g/mol. The molecule has 1 rings (SSSR count). The van der Waals surface area contributed by atoms with Gasteiger partial charge in [-0.05, 0) is 39.3 Å². The predicted octanol–water partition coefficient (Wildman–Crippen LogP) is 3.05. The van der Waals surface area contributed by atoms with E-state index in [4.69, 9.17) is 4.74 Å². The van der Waals surface area contributed by atoms with Crippen LogP contribution in [0.1, 0.15) is 46.1 Å². The fourth-order valence-electron chi connectivity index (χ4n) is 2.38. The van der Waals surface area contributed by atoms with E-state index in [1.807, 2.05) is 27.7 Å². The van der Waals surface area contributed by atoms with E-state index in [-0.39, 0.29) is 24.2 Å². The van der Waals surface area contributed by atoms with E-state index >= 15 is 0 Å². The number of benzene rings is 1. The van der Waals surface area contributed by atoms with Gasteiger partial charge in [0.25, 0.3) is 0 Å². The Hall–Kier alpha value is -2.58. The number of nitrogens with one attached hydrogen (secondary N) is 3. The molecule has 0 aliphatic heterocycles. The molecule has 0 unspecified atom stereocenters. The number of nitrogens with zero attached hydrogens (tertiary/aromatic N) is 1. The molecular formula is C20H32F2N4O3. The van der Waals surface area contributed by atoms with Crippen molar-refractivity contribution in [3.63, 3.8) is 0 Å². The minimum absolute atomic E-state index is 0.0320. The fourth-order valence-corrected chi connectivity index (χ4v) is 2.38. The summed E-state index contributed by atoms with van der Waals surface area (Å²) in [5.74, 6) is 0.929. The largest absolute Gasteiger partial charge is 0.493 e. The molecule has 0 fully saturated rings. The average Bonchev–Trinajstić information content (AvgIpc) is 2.64. The van der Waals surface area contributed by atoms with Crippen LogP contribution in [-0.4, -0.2) is 44.2 Å². The lowest BCUT2D eigenvalue weighted by Crippen LogP contribution is -2.40. The van der Waals surface area contributed by atoms with Crippen molar-refractivity contribution in [2.24, 2.45) is 4.99 Å². The summed E-state index contributed by atoms with van der Waals surface area (Å²) < 4.78 is 35.7. The first-order chi connectivity index (χ1) is 13.8. The molecule has 0 saturated heterocycles. The van der Waals surface area contributed by atoms with Crippen molar-refractivity contribution < 1.29 is 23.0 Å². The number of ether oxygens (including phenoxy) is 2. The predicted molar refractivity (Wildman–Crippen MR) is 110 cm³/mol. The monoisotopic (exact) mass is 414 g/mol. The Balaban J connectivity index is 2.79. The van der Waals surface area contributed by atoms with Crippen LogP contribution in [0.25, 0.3) is 0 Å². The molecule has 1 aromatic carbocycles. The molecule has 0 bridgehead atoms. The zero-order valence-electron chi connectivity index (χ0n) is 17.6. The molecule has 3 N–H and O–H groups in total. The van der Waals surface area contributed by atoms with Gasteiger partial charge in [-0.2, -0.15) is 8.78 Å². The van der Waals surface area contributed by atoms with Crippen molar-refractivity contribution in [3.05, 3.63) is 23.8 Å². The topological polar surface area (TPSA) is 84.0 Å². The number of alkyl halides is 2. The van der Waals surface area contributed by atoms with Crippen LogP contribution in [-0.2, 0) is 11.3 Å². The van der Waals surface area contributed by atoms with Crippen LogP contribution in [0.2, 0.25) is 0 Å². The number of carbonyl (C=O) groups excluding carboxylic acids is 1. The third kappa shape index (κ3) is 10.5. The van der Waals surface area contributed by atoms with Crippen molar-refractivity contribution in [1.82, 2.24) is 16.0 Å². The smallest absolute Gasteiger partial charge is 0.387 e. The van der Waals surface area contributed by atoms with Crippen molar-refractivity contribution in [1.29, 1.82) is 0 Å². The molecule has 0 aliphatic rings. The van der Waals surface area contributed by atoms with Gasteiger partial charge in [0.2, 0.25) is 5.91 Å². The summed E-state index contributed by atoms with van der Waals surface area (Å²) in [5, 5.41) is 8.93. The summed E-state index contributed by atoms with van der Waals surface area (Å²) in [6, 6.07) is 4.90. The molecule has 0 spiro atoms. The van der Waals surface area contributed by atoms with Crippen LogP contribution in [0, 0.1) is 0 Å². The number of rotatable bonds is 12. The van der Waals surface area contributed by atoms with E-state index in [2.05, 4.69) is 25.7 Å². The van der Waals surface area contributed by atoms with E-state index in [9.17, 15) is 13.6 Å². The summed E-state index contributed by atoms with van der Waals surface area (Å²) in [5.41, 5.74) is 0.504. The molecule has 0 radical (unpaired) electrons. The Kier molecular flexibility index (Phi) is 11.4. The number of halogens is 2. The number of hydrogen-bond donors (Lipinski definition) is 3. The molecule has 0 saturated carbocycles. The Morgan fingerprint density at radius 2 is 1.97 bits per heavy atom. The van der Waals surface area contributed by atoms with Gasteiger partial charge in [-0.25, -0.2) is 4.99 Å². The maximum absolute atomic E-state index is 12.8. The molecule has 0 aromatic heterocycles. The maximum atomic E-state index is 12.8. The van der Waals surface area contributed by atoms with E-state index < -0.39 is 6.61 Å². The van der Waals surface area contributed by atoms with Gasteiger partial charge in [-0.3, -0.25) is 4.79 Å². The van der Waals surface area contributed by atoms with E-state index in [1.165, 1.54) is 6.07 Å². The second-order valence-corrected chi connectivity index (χ2v) is 6.59. The SMILES string of the molecule is CCCOc1ccc(CN=C(NCC)NCCC(=O)NC(C)C)c(OC(F)F)c1. The zero-order chi connectivity index (χ0) is 21.6. The van der Waals surface area contributed by atoms with Gasteiger partial charge in [-0.1, -0.05) is 6.92 Å². The summed E-state index contributed by atoms with van der Waals surface area (Å²) in [4.78, 5) is 16.1. The zero-order valence-corrected chi connectivity index (χ0v) is 17.6. The first kappa shape index (κ1) is 24.5. The lowest BCUT2D eigenvalue weighted by molar-refractivity contribution is -0.121. The van der Waals surface area contributed by atoms with Gasteiger partial charge < -0.3 is 25.4 Å². The quantitative estimate of drug-likeness (QED) is 0.362. The van der Waals surface area contributed by atoms with Gasteiger partial charge >= 0.3 is 6.61 Å². The molecule has 9 heteroatoms. The molecular weight excluding hydrogens is 382 g/mol. The first-order valence-corrected chi connectivity index (χ1v) is 9.87. The number of amides is 1. The van der Waals surface area contributed by atoms with Crippen molar-refractivity contribution in [2.75, 3.05) is 19.7 Å².